The molecular weight excluding hydrogens is 326 g/mol. The van der Waals surface area contributed by atoms with E-state index in [1.54, 1.807) is 0 Å². The average molecular weight is 354 g/mol. The van der Waals surface area contributed by atoms with Gasteiger partial charge in [-0.1, -0.05) is 55.8 Å². The van der Waals surface area contributed by atoms with Gasteiger partial charge in [0.2, 0.25) is 0 Å². The second-order valence-electron chi connectivity index (χ2n) is 7.27. The molecule has 1 fully saturated rings. The van der Waals surface area contributed by atoms with Gasteiger partial charge in [0, 0.05) is 28.6 Å². The van der Waals surface area contributed by atoms with E-state index in [0.717, 1.165) is 17.5 Å². The molecule has 0 amide bonds. The smallest absolute Gasteiger partial charge is 0.0656 e. The molecule has 0 bridgehead atoms. The van der Waals surface area contributed by atoms with Crippen LogP contribution in [0.5, 0.6) is 0 Å². The minimum atomic E-state index is 0.207. The fourth-order valence-corrected chi connectivity index (χ4v) is 3.17. The molecule has 0 saturated heterocycles. The third kappa shape index (κ3) is 4.08. The van der Waals surface area contributed by atoms with Gasteiger partial charge in [-0.05, 0) is 37.0 Å². The highest BCUT2D eigenvalue weighted by molar-refractivity contribution is 9.10. The van der Waals surface area contributed by atoms with E-state index in [9.17, 15) is 0 Å². The molecule has 0 radical (unpaired) electrons. The first-order valence-corrected chi connectivity index (χ1v) is 8.73. The summed E-state index contributed by atoms with van der Waals surface area (Å²) < 4.78 is 7.17. The van der Waals surface area contributed by atoms with Gasteiger partial charge < -0.3 is 10.1 Å². The standard InChI is InChI=1S/C18H28BrNO/c1-12(2)11-21-17-10-16(18(17,4)5)20-13(3)14-6-8-15(19)9-7-14/h6-9,12-13,16-17,20H,10-11H2,1-5H3/t13-,16?,17?/m0/s1. The van der Waals surface area contributed by atoms with E-state index < -0.39 is 0 Å². The molecule has 0 aliphatic heterocycles. The van der Waals surface area contributed by atoms with E-state index in [-0.39, 0.29) is 5.41 Å². The molecule has 1 aromatic rings. The lowest BCUT2D eigenvalue weighted by atomic mass is 9.64. The molecule has 3 atom stereocenters. The lowest BCUT2D eigenvalue weighted by Gasteiger charge is -2.53. The quantitative estimate of drug-likeness (QED) is 0.781. The Bertz CT molecular complexity index is 455. The van der Waals surface area contributed by atoms with Crippen LogP contribution in [0.2, 0.25) is 0 Å². The van der Waals surface area contributed by atoms with Gasteiger partial charge in [-0.3, -0.25) is 0 Å². The summed E-state index contributed by atoms with van der Waals surface area (Å²) in [6, 6.07) is 9.46. The van der Waals surface area contributed by atoms with Gasteiger partial charge >= 0.3 is 0 Å². The van der Waals surface area contributed by atoms with Crippen LogP contribution in [0.3, 0.4) is 0 Å². The largest absolute Gasteiger partial charge is 0.377 e. The first kappa shape index (κ1) is 17.0. The van der Waals surface area contributed by atoms with Crippen LogP contribution in [0.4, 0.5) is 0 Å². The predicted molar refractivity (Wildman–Crippen MR) is 92.5 cm³/mol. The summed E-state index contributed by atoms with van der Waals surface area (Å²) in [5.41, 5.74) is 1.54. The molecule has 2 unspecified atom stereocenters. The highest BCUT2D eigenvalue weighted by atomic mass is 79.9. The van der Waals surface area contributed by atoms with Crippen LogP contribution < -0.4 is 5.32 Å². The summed E-state index contributed by atoms with van der Waals surface area (Å²) >= 11 is 3.49. The Morgan fingerprint density at radius 3 is 2.38 bits per heavy atom. The molecule has 2 rings (SSSR count). The first-order valence-electron chi connectivity index (χ1n) is 7.93. The van der Waals surface area contributed by atoms with Crippen LogP contribution >= 0.6 is 15.9 Å². The van der Waals surface area contributed by atoms with Crippen LogP contribution in [-0.4, -0.2) is 18.8 Å². The van der Waals surface area contributed by atoms with Crippen molar-refractivity contribution in [3.63, 3.8) is 0 Å². The monoisotopic (exact) mass is 353 g/mol. The molecule has 3 heteroatoms. The van der Waals surface area contributed by atoms with Crippen LogP contribution in [0.1, 0.15) is 52.6 Å². The van der Waals surface area contributed by atoms with Crippen molar-refractivity contribution in [2.45, 2.75) is 59.2 Å². The molecule has 1 aliphatic carbocycles. The normalized spacial score (nSPS) is 25.7. The lowest BCUT2D eigenvalue weighted by molar-refractivity contribution is -0.125. The highest BCUT2D eigenvalue weighted by Gasteiger charge is 2.49. The molecule has 2 nitrogen and oxygen atoms in total. The maximum absolute atomic E-state index is 6.04. The first-order chi connectivity index (χ1) is 9.80. The van der Waals surface area contributed by atoms with Crippen molar-refractivity contribution in [1.82, 2.24) is 5.32 Å². The highest BCUT2D eigenvalue weighted by Crippen LogP contribution is 2.43. The van der Waals surface area contributed by atoms with Crippen LogP contribution in [0.25, 0.3) is 0 Å². The van der Waals surface area contributed by atoms with Crippen molar-refractivity contribution in [3.05, 3.63) is 34.3 Å². The molecule has 1 saturated carbocycles. The van der Waals surface area contributed by atoms with Crippen molar-refractivity contribution in [2.75, 3.05) is 6.61 Å². The van der Waals surface area contributed by atoms with Crippen molar-refractivity contribution in [1.29, 1.82) is 0 Å². The molecule has 0 aromatic heterocycles. The van der Waals surface area contributed by atoms with Gasteiger partial charge in [0.1, 0.15) is 0 Å². The third-order valence-corrected chi connectivity index (χ3v) is 5.16. The Morgan fingerprint density at radius 1 is 1.24 bits per heavy atom. The molecule has 118 valence electrons. The Kier molecular flexibility index (Phi) is 5.50. The van der Waals surface area contributed by atoms with E-state index in [4.69, 9.17) is 4.74 Å². The van der Waals surface area contributed by atoms with Crippen molar-refractivity contribution in [2.24, 2.45) is 11.3 Å². The molecule has 1 N–H and O–H groups in total. The number of ether oxygens (including phenoxy) is 1. The molecule has 1 aromatic carbocycles. The second kappa shape index (κ2) is 6.80. The van der Waals surface area contributed by atoms with E-state index in [1.165, 1.54) is 5.56 Å². The number of halogens is 1. The Balaban J connectivity index is 1.88. The van der Waals surface area contributed by atoms with Crippen molar-refractivity contribution in [3.8, 4) is 0 Å². The summed E-state index contributed by atoms with van der Waals surface area (Å²) in [6.45, 7) is 12.1. The fraction of sp³-hybridized carbons (Fsp3) is 0.667. The zero-order chi connectivity index (χ0) is 15.6. The van der Waals surface area contributed by atoms with Crippen LogP contribution in [0, 0.1) is 11.3 Å². The van der Waals surface area contributed by atoms with E-state index in [0.29, 0.717) is 24.1 Å². The lowest BCUT2D eigenvalue weighted by Crippen LogP contribution is -2.61. The maximum atomic E-state index is 6.04. The number of benzene rings is 1. The Hall–Kier alpha value is -0.380. The van der Waals surface area contributed by atoms with Gasteiger partial charge in [0.15, 0.2) is 0 Å². The summed E-state index contributed by atoms with van der Waals surface area (Å²) in [7, 11) is 0. The van der Waals surface area contributed by atoms with Crippen LogP contribution in [0.15, 0.2) is 28.7 Å². The molecule has 21 heavy (non-hydrogen) atoms. The van der Waals surface area contributed by atoms with E-state index in [2.05, 4.69) is 80.1 Å². The van der Waals surface area contributed by atoms with E-state index in [1.807, 2.05) is 0 Å². The molecule has 1 aliphatic rings. The Labute approximate surface area is 137 Å². The minimum absolute atomic E-state index is 0.207. The zero-order valence-electron chi connectivity index (χ0n) is 13.8. The summed E-state index contributed by atoms with van der Waals surface area (Å²) in [4.78, 5) is 0. The minimum Gasteiger partial charge on any atom is -0.377 e. The SMILES string of the molecule is CC(C)COC1CC(N[C@@H](C)c2ccc(Br)cc2)C1(C)C. The van der Waals surface area contributed by atoms with Gasteiger partial charge in [-0.2, -0.15) is 0 Å². The molecule has 0 heterocycles. The van der Waals surface area contributed by atoms with Gasteiger partial charge in [-0.25, -0.2) is 0 Å². The zero-order valence-corrected chi connectivity index (χ0v) is 15.4. The molecular formula is C18H28BrNO. The number of rotatable bonds is 6. The topological polar surface area (TPSA) is 21.3 Å². The molecule has 0 spiro atoms. The fourth-order valence-electron chi connectivity index (χ4n) is 2.91. The Morgan fingerprint density at radius 2 is 1.86 bits per heavy atom. The number of hydrogen-bond acceptors (Lipinski definition) is 2. The van der Waals surface area contributed by atoms with Gasteiger partial charge in [0.05, 0.1) is 6.10 Å². The average Bonchev–Trinajstić information content (AvgIpc) is 2.42. The summed E-state index contributed by atoms with van der Waals surface area (Å²) in [6.07, 6.45) is 1.50. The number of nitrogens with one attached hydrogen (secondary N) is 1. The maximum Gasteiger partial charge on any atom is 0.0656 e. The van der Waals surface area contributed by atoms with Crippen LogP contribution in [-0.2, 0) is 4.74 Å². The summed E-state index contributed by atoms with van der Waals surface area (Å²) in [5, 5.41) is 3.76. The second-order valence-corrected chi connectivity index (χ2v) is 8.18. The third-order valence-electron chi connectivity index (χ3n) is 4.63. The van der Waals surface area contributed by atoms with Crippen molar-refractivity contribution < 1.29 is 4.74 Å². The summed E-state index contributed by atoms with van der Waals surface area (Å²) in [5.74, 6) is 0.606. The predicted octanol–water partition coefficient (Wildman–Crippen LogP) is 4.94. The van der Waals surface area contributed by atoms with Gasteiger partial charge in [0.25, 0.3) is 0 Å². The van der Waals surface area contributed by atoms with E-state index >= 15 is 0 Å². The van der Waals surface area contributed by atoms with Crippen molar-refractivity contribution >= 4 is 15.9 Å². The van der Waals surface area contributed by atoms with Gasteiger partial charge in [-0.15, -0.1) is 0 Å². The number of hydrogen-bond donors (Lipinski definition) is 1.